The van der Waals surface area contributed by atoms with Crippen LogP contribution in [0.3, 0.4) is 0 Å². The Kier molecular flexibility index (Phi) is 6.36. The molecule has 0 fully saturated rings. The van der Waals surface area contributed by atoms with Crippen LogP contribution in [0.15, 0.2) is 41.3 Å². The van der Waals surface area contributed by atoms with E-state index in [1.165, 1.54) is 34.0 Å². The molecule has 128 valence electrons. The van der Waals surface area contributed by atoms with Crippen molar-refractivity contribution in [1.82, 2.24) is 5.32 Å². The Labute approximate surface area is 154 Å². The Hall–Kier alpha value is -1.45. The zero-order valence-corrected chi connectivity index (χ0v) is 16.4. The number of rotatable bonds is 5. The van der Waals surface area contributed by atoms with E-state index in [4.69, 9.17) is 11.6 Å². The highest BCUT2D eigenvalue weighted by molar-refractivity contribution is 8.00. The summed E-state index contributed by atoms with van der Waals surface area (Å²) in [5, 5.41) is 3.67. The van der Waals surface area contributed by atoms with Gasteiger partial charge in [0.15, 0.2) is 0 Å². The molecule has 2 atom stereocenters. The molecular formula is C20H24ClNOS. The lowest BCUT2D eigenvalue weighted by Gasteiger charge is -2.20. The fraction of sp³-hybridized carbons (Fsp3) is 0.350. The van der Waals surface area contributed by atoms with E-state index in [1.54, 1.807) is 0 Å². The Morgan fingerprint density at radius 2 is 1.58 bits per heavy atom. The van der Waals surface area contributed by atoms with Crippen LogP contribution < -0.4 is 5.32 Å². The molecule has 2 rings (SSSR count). The first kappa shape index (κ1) is 18.9. The molecule has 0 unspecified atom stereocenters. The first-order chi connectivity index (χ1) is 11.3. The van der Waals surface area contributed by atoms with Crippen molar-refractivity contribution in [3.8, 4) is 0 Å². The number of halogens is 1. The minimum absolute atomic E-state index is 0.00920. The van der Waals surface area contributed by atoms with Gasteiger partial charge in [-0.05, 0) is 81.1 Å². The highest BCUT2D eigenvalue weighted by Gasteiger charge is 2.18. The van der Waals surface area contributed by atoms with Gasteiger partial charge in [0, 0.05) is 9.92 Å². The standard InChI is InChI=1S/C20H24ClNOS/c1-12-10-14(3)19(11-13(12)2)15(4)22-20(23)16(5)24-18-8-6-17(21)7-9-18/h6-11,15-16H,1-5H3,(H,22,23)/t15-,16-/m0/s1. The lowest BCUT2D eigenvalue weighted by molar-refractivity contribution is -0.120. The second-order valence-corrected chi connectivity index (χ2v) is 8.09. The van der Waals surface area contributed by atoms with Crippen LogP contribution in [0.25, 0.3) is 0 Å². The third-order valence-electron chi connectivity index (χ3n) is 4.20. The van der Waals surface area contributed by atoms with E-state index in [1.807, 2.05) is 38.1 Å². The molecule has 2 nitrogen and oxygen atoms in total. The van der Waals surface area contributed by atoms with Gasteiger partial charge in [-0.2, -0.15) is 0 Å². The Morgan fingerprint density at radius 1 is 1.00 bits per heavy atom. The monoisotopic (exact) mass is 361 g/mol. The van der Waals surface area contributed by atoms with E-state index >= 15 is 0 Å². The van der Waals surface area contributed by atoms with Crippen molar-refractivity contribution >= 4 is 29.3 Å². The van der Waals surface area contributed by atoms with Crippen molar-refractivity contribution < 1.29 is 4.79 Å². The van der Waals surface area contributed by atoms with Crippen molar-refractivity contribution in [3.05, 3.63) is 63.7 Å². The second-order valence-electron chi connectivity index (χ2n) is 6.24. The second kappa shape index (κ2) is 8.09. The number of hydrogen-bond acceptors (Lipinski definition) is 2. The fourth-order valence-corrected chi connectivity index (χ4v) is 3.63. The summed E-state index contributed by atoms with van der Waals surface area (Å²) in [5.41, 5.74) is 4.92. The predicted octanol–water partition coefficient (Wildman–Crippen LogP) is 5.62. The largest absolute Gasteiger partial charge is 0.349 e. The van der Waals surface area contributed by atoms with Crippen LogP contribution in [-0.4, -0.2) is 11.2 Å². The summed E-state index contributed by atoms with van der Waals surface area (Å²) in [6.07, 6.45) is 0. The predicted molar refractivity (Wildman–Crippen MR) is 104 cm³/mol. The lowest BCUT2D eigenvalue weighted by atomic mass is 9.96. The van der Waals surface area contributed by atoms with E-state index in [9.17, 15) is 4.79 Å². The zero-order chi connectivity index (χ0) is 17.9. The number of benzene rings is 2. The van der Waals surface area contributed by atoms with Crippen LogP contribution in [0.1, 0.15) is 42.1 Å². The van der Waals surface area contributed by atoms with Crippen LogP contribution >= 0.6 is 23.4 Å². The zero-order valence-electron chi connectivity index (χ0n) is 14.8. The lowest BCUT2D eigenvalue weighted by Crippen LogP contribution is -2.33. The van der Waals surface area contributed by atoms with Crippen LogP contribution in [0.5, 0.6) is 0 Å². The number of nitrogens with one attached hydrogen (secondary N) is 1. The minimum atomic E-state index is -0.166. The number of amides is 1. The average Bonchev–Trinajstić information content (AvgIpc) is 2.52. The van der Waals surface area contributed by atoms with Crippen molar-refractivity contribution in [2.24, 2.45) is 0 Å². The Balaban J connectivity index is 2.03. The van der Waals surface area contributed by atoms with Gasteiger partial charge in [-0.1, -0.05) is 23.7 Å². The summed E-state index contributed by atoms with van der Waals surface area (Å²) in [6.45, 7) is 10.3. The molecule has 0 aromatic heterocycles. The third-order valence-corrected chi connectivity index (χ3v) is 5.57. The first-order valence-corrected chi connectivity index (χ1v) is 9.34. The van der Waals surface area contributed by atoms with Crippen molar-refractivity contribution in [1.29, 1.82) is 0 Å². The van der Waals surface area contributed by atoms with Gasteiger partial charge < -0.3 is 5.32 Å². The normalized spacial score (nSPS) is 13.4. The van der Waals surface area contributed by atoms with Crippen molar-refractivity contribution in [2.75, 3.05) is 0 Å². The summed E-state index contributed by atoms with van der Waals surface area (Å²) in [5.74, 6) is 0.0417. The highest BCUT2D eigenvalue weighted by Crippen LogP contribution is 2.26. The van der Waals surface area contributed by atoms with Crippen LogP contribution in [0, 0.1) is 20.8 Å². The smallest absolute Gasteiger partial charge is 0.233 e. The quantitative estimate of drug-likeness (QED) is 0.700. The summed E-state index contributed by atoms with van der Waals surface area (Å²) < 4.78 is 0. The maximum Gasteiger partial charge on any atom is 0.233 e. The molecule has 0 heterocycles. The maximum atomic E-state index is 12.5. The van der Waals surface area contributed by atoms with Crippen LogP contribution in [0.2, 0.25) is 5.02 Å². The summed E-state index contributed by atoms with van der Waals surface area (Å²) in [6, 6.07) is 11.9. The molecule has 1 amide bonds. The van der Waals surface area contributed by atoms with Gasteiger partial charge in [0.1, 0.15) is 0 Å². The van der Waals surface area contributed by atoms with Gasteiger partial charge in [-0.3, -0.25) is 4.79 Å². The molecule has 24 heavy (non-hydrogen) atoms. The number of hydrogen-bond donors (Lipinski definition) is 1. The molecule has 1 N–H and O–H groups in total. The van der Waals surface area contributed by atoms with Crippen LogP contribution in [0.4, 0.5) is 0 Å². The van der Waals surface area contributed by atoms with E-state index in [-0.39, 0.29) is 17.2 Å². The fourth-order valence-electron chi connectivity index (χ4n) is 2.63. The molecule has 0 aliphatic rings. The van der Waals surface area contributed by atoms with Gasteiger partial charge in [0.25, 0.3) is 0 Å². The van der Waals surface area contributed by atoms with Gasteiger partial charge in [0.2, 0.25) is 5.91 Å². The minimum Gasteiger partial charge on any atom is -0.349 e. The summed E-state index contributed by atoms with van der Waals surface area (Å²) in [7, 11) is 0. The van der Waals surface area contributed by atoms with Crippen LogP contribution in [-0.2, 0) is 4.79 Å². The maximum absolute atomic E-state index is 12.5. The van der Waals surface area contributed by atoms with Gasteiger partial charge >= 0.3 is 0 Å². The van der Waals surface area contributed by atoms with E-state index < -0.39 is 0 Å². The molecule has 4 heteroatoms. The molecule has 0 saturated heterocycles. The highest BCUT2D eigenvalue weighted by atomic mass is 35.5. The molecule has 0 aliphatic heterocycles. The average molecular weight is 362 g/mol. The Bertz CT molecular complexity index is 727. The molecule has 0 saturated carbocycles. The van der Waals surface area contributed by atoms with E-state index in [0.717, 1.165) is 4.90 Å². The molecule has 0 spiro atoms. The Morgan fingerprint density at radius 3 is 2.21 bits per heavy atom. The van der Waals surface area contributed by atoms with E-state index in [2.05, 4.69) is 38.2 Å². The summed E-state index contributed by atoms with van der Waals surface area (Å²) in [4.78, 5) is 13.5. The summed E-state index contributed by atoms with van der Waals surface area (Å²) >= 11 is 7.43. The number of thioether (sulfide) groups is 1. The molecular weight excluding hydrogens is 338 g/mol. The van der Waals surface area contributed by atoms with Gasteiger partial charge in [-0.15, -0.1) is 11.8 Å². The third kappa shape index (κ3) is 4.78. The molecule has 2 aromatic carbocycles. The molecule has 2 aromatic rings. The van der Waals surface area contributed by atoms with Gasteiger partial charge in [-0.25, -0.2) is 0 Å². The molecule has 0 bridgehead atoms. The topological polar surface area (TPSA) is 29.1 Å². The van der Waals surface area contributed by atoms with E-state index in [0.29, 0.717) is 5.02 Å². The number of carbonyl (C=O) groups excluding carboxylic acids is 1. The van der Waals surface area contributed by atoms with Crippen molar-refractivity contribution in [3.63, 3.8) is 0 Å². The number of aryl methyl sites for hydroxylation is 3. The number of carbonyl (C=O) groups is 1. The molecule has 0 radical (unpaired) electrons. The SMILES string of the molecule is Cc1cc(C)c([C@H](C)NC(=O)[C@H](C)Sc2ccc(Cl)cc2)cc1C. The van der Waals surface area contributed by atoms with Crippen molar-refractivity contribution in [2.45, 2.75) is 50.8 Å². The van der Waals surface area contributed by atoms with Gasteiger partial charge in [0.05, 0.1) is 11.3 Å². The molecule has 0 aliphatic carbocycles. The first-order valence-electron chi connectivity index (χ1n) is 8.08.